The molecule has 0 spiro atoms. The summed E-state index contributed by atoms with van der Waals surface area (Å²) in [6.45, 7) is 4.31. The number of hydrogen-bond donors (Lipinski definition) is 1. The Labute approximate surface area is 125 Å². The third kappa shape index (κ3) is 2.49. The van der Waals surface area contributed by atoms with E-state index in [0.717, 1.165) is 0 Å². The molecule has 0 saturated carbocycles. The molecule has 0 aromatic heterocycles. The van der Waals surface area contributed by atoms with Gasteiger partial charge in [0.15, 0.2) is 0 Å². The molecule has 0 radical (unpaired) electrons. The highest BCUT2D eigenvalue weighted by Crippen LogP contribution is 2.39. The van der Waals surface area contributed by atoms with Gasteiger partial charge in [-0.25, -0.2) is 4.99 Å². The molecule has 1 fully saturated rings. The van der Waals surface area contributed by atoms with E-state index < -0.39 is 23.7 Å². The molecule has 1 aliphatic carbocycles. The van der Waals surface area contributed by atoms with E-state index in [9.17, 15) is 18.0 Å². The summed E-state index contributed by atoms with van der Waals surface area (Å²) in [5, 5.41) is 3.27. The van der Waals surface area contributed by atoms with Crippen molar-refractivity contribution in [2.75, 3.05) is 6.61 Å². The summed E-state index contributed by atoms with van der Waals surface area (Å²) in [4.78, 5) is 15.1. The molecule has 2 heterocycles. The van der Waals surface area contributed by atoms with Gasteiger partial charge >= 0.3 is 6.18 Å². The lowest BCUT2D eigenvalue weighted by Gasteiger charge is -2.38. The molecule has 7 heteroatoms. The van der Waals surface area contributed by atoms with Gasteiger partial charge in [0.2, 0.25) is 0 Å². The quantitative estimate of drug-likeness (QED) is 0.808. The summed E-state index contributed by atoms with van der Waals surface area (Å²) < 4.78 is 45.3. The first-order chi connectivity index (χ1) is 10.3. The average Bonchev–Trinajstić information content (AvgIpc) is 2.44. The van der Waals surface area contributed by atoms with Gasteiger partial charge in [0.25, 0.3) is 5.91 Å². The van der Waals surface area contributed by atoms with Crippen molar-refractivity contribution >= 4 is 11.6 Å². The number of fused-ring (bicyclic) bond motifs is 2. The van der Waals surface area contributed by atoms with Crippen LogP contribution in [0.1, 0.15) is 13.8 Å². The molecule has 118 valence electrons. The van der Waals surface area contributed by atoms with Gasteiger partial charge in [-0.3, -0.25) is 10.1 Å². The van der Waals surface area contributed by atoms with Gasteiger partial charge in [-0.1, -0.05) is 19.9 Å². The van der Waals surface area contributed by atoms with Crippen LogP contribution in [0, 0.1) is 5.92 Å². The lowest BCUT2D eigenvalue weighted by molar-refractivity contribution is -0.115. The van der Waals surface area contributed by atoms with Crippen LogP contribution in [0.4, 0.5) is 13.2 Å². The van der Waals surface area contributed by atoms with Crippen LogP contribution >= 0.6 is 0 Å². The molecule has 4 nitrogen and oxygen atoms in total. The zero-order valence-electron chi connectivity index (χ0n) is 12.1. The fraction of sp³-hybridized carbons (Fsp3) is 0.467. The summed E-state index contributed by atoms with van der Waals surface area (Å²) in [6.07, 6.45) is -0.981. The van der Waals surface area contributed by atoms with Crippen LogP contribution in [-0.2, 0) is 9.53 Å². The summed E-state index contributed by atoms with van der Waals surface area (Å²) in [6, 6.07) is -0.380. The van der Waals surface area contributed by atoms with E-state index >= 15 is 0 Å². The first kappa shape index (κ1) is 15.0. The predicted molar refractivity (Wildman–Crippen MR) is 74.2 cm³/mol. The van der Waals surface area contributed by atoms with Gasteiger partial charge in [0.1, 0.15) is 12.4 Å². The van der Waals surface area contributed by atoms with Crippen LogP contribution in [0.15, 0.2) is 40.1 Å². The number of ether oxygens (including phenoxy) is 1. The minimum Gasteiger partial charge on any atom is -0.494 e. The highest BCUT2D eigenvalue weighted by atomic mass is 19.4. The van der Waals surface area contributed by atoms with Crippen molar-refractivity contribution in [2.45, 2.75) is 32.1 Å². The van der Waals surface area contributed by atoms with Crippen LogP contribution in [-0.4, -0.2) is 36.5 Å². The van der Waals surface area contributed by atoms with Gasteiger partial charge in [-0.15, -0.1) is 0 Å². The zero-order valence-corrected chi connectivity index (χ0v) is 12.1. The minimum atomic E-state index is -4.63. The largest absolute Gasteiger partial charge is 0.494 e. The van der Waals surface area contributed by atoms with Gasteiger partial charge in [0, 0.05) is 12.1 Å². The van der Waals surface area contributed by atoms with Gasteiger partial charge in [-0.2, -0.15) is 13.2 Å². The Kier molecular flexibility index (Phi) is 3.47. The summed E-state index contributed by atoms with van der Waals surface area (Å²) in [5.41, 5.74) is -1.11. The van der Waals surface area contributed by atoms with Crippen LogP contribution in [0.2, 0.25) is 0 Å². The SMILES string of the molecule is CC(C)C1COC2=C3C(C(F)(F)F)=CC(=O)N=C3C=CC2N1. The zero-order chi connectivity index (χ0) is 16.1. The molecule has 3 aliphatic rings. The summed E-state index contributed by atoms with van der Waals surface area (Å²) >= 11 is 0. The number of carbonyl (C=O) groups is 1. The molecule has 0 bridgehead atoms. The lowest BCUT2D eigenvalue weighted by Crippen LogP contribution is -2.51. The lowest BCUT2D eigenvalue weighted by atomic mass is 9.88. The number of rotatable bonds is 1. The second kappa shape index (κ2) is 5.08. The van der Waals surface area contributed by atoms with Gasteiger partial charge < -0.3 is 4.74 Å². The topological polar surface area (TPSA) is 50.7 Å². The number of hydrogen-bond acceptors (Lipinski definition) is 3. The first-order valence-electron chi connectivity index (χ1n) is 7.01. The number of dihydropyridines is 1. The van der Waals surface area contributed by atoms with Crippen molar-refractivity contribution in [3.63, 3.8) is 0 Å². The fourth-order valence-corrected chi connectivity index (χ4v) is 2.71. The van der Waals surface area contributed by atoms with E-state index in [1.807, 2.05) is 13.8 Å². The van der Waals surface area contributed by atoms with E-state index in [2.05, 4.69) is 10.3 Å². The highest BCUT2D eigenvalue weighted by Gasteiger charge is 2.44. The number of alkyl halides is 3. The maximum absolute atomic E-state index is 13.2. The standard InChI is InChI=1S/C15H15F3N2O2/c1-7(2)11-6-22-14-10(19-11)4-3-9-13(14)8(15(16,17)18)5-12(21)20-9/h3-5,7,10-11,19H,6H2,1-2H3. The Bertz CT molecular complexity index is 642. The fourth-order valence-electron chi connectivity index (χ4n) is 2.71. The Hall–Kier alpha value is -1.89. The monoisotopic (exact) mass is 312 g/mol. The second-order valence-electron chi connectivity index (χ2n) is 5.80. The maximum atomic E-state index is 13.2. The molecule has 1 amide bonds. The molecule has 1 saturated heterocycles. The molecule has 1 N–H and O–H groups in total. The van der Waals surface area contributed by atoms with E-state index in [-0.39, 0.29) is 29.7 Å². The van der Waals surface area contributed by atoms with Crippen LogP contribution < -0.4 is 5.32 Å². The Morgan fingerprint density at radius 2 is 2.14 bits per heavy atom. The molecular formula is C15H15F3N2O2. The van der Waals surface area contributed by atoms with E-state index in [4.69, 9.17) is 4.74 Å². The molecule has 2 atom stereocenters. The van der Waals surface area contributed by atoms with Crippen molar-refractivity contribution in [1.29, 1.82) is 0 Å². The number of halogens is 3. The highest BCUT2D eigenvalue weighted by molar-refractivity contribution is 6.21. The van der Waals surface area contributed by atoms with Crippen molar-refractivity contribution < 1.29 is 22.7 Å². The van der Waals surface area contributed by atoms with Crippen molar-refractivity contribution in [3.05, 3.63) is 35.1 Å². The minimum absolute atomic E-state index is 0.0101. The van der Waals surface area contributed by atoms with Gasteiger partial charge in [0.05, 0.1) is 22.9 Å². The second-order valence-corrected chi connectivity index (χ2v) is 5.80. The Morgan fingerprint density at radius 3 is 2.77 bits per heavy atom. The number of amides is 1. The Balaban J connectivity index is 2.04. The molecule has 0 aromatic rings. The predicted octanol–water partition coefficient (Wildman–Crippen LogP) is 2.29. The van der Waals surface area contributed by atoms with Crippen molar-refractivity contribution in [1.82, 2.24) is 5.32 Å². The average molecular weight is 312 g/mol. The number of nitrogens with zero attached hydrogens (tertiary/aromatic N) is 1. The van der Waals surface area contributed by atoms with Crippen molar-refractivity contribution in [2.24, 2.45) is 10.9 Å². The van der Waals surface area contributed by atoms with Gasteiger partial charge in [-0.05, 0) is 12.0 Å². The molecule has 2 aliphatic heterocycles. The summed E-state index contributed by atoms with van der Waals surface area (Å²) in [5.74, 6) is -0.423. The van der Waals surface area contributed by atoms with Crippen molar-refractivity contribution in [3.8, 4) is 0 Å². The van der Waals surface area contributed by atoms with Crippen LogP contribution in [0.5, 0.6) is 0 Å². The number of morpholine rings is 1. The molecule has 0 aromatic carbocycles. The smallest absolute Gasteiger partial charge is 0.417 e. The molecule has 22 heavy (non-hydrogen) atoms. The summed E-state index contributed by atoms with van der Waals surface area (Å²) in [7, 11) is 0. The van der Waals surface area contributed by atoms with E-state index in [1.165, 1.54) is 6.08 Å². The number of carbonyl (C=O) groups excluding carboxylic acids is 1. The molecule has 3 rings (SSSR count). The number of aliphatic imine (C=N–C) groups is 1. The first-order valence-corrected chi connectivity index (χ1v) is 7.01. The van der Waals surface area contributed by atoms with Crippen LogP contribution in [0.3, 0.4) is 0 Å². The van der Waals surface area contributed by atoms with Crippen LogP contribution in [0.25, 0.3) is 0 Å². The molecular weight excluding hydrogens is 297 g/mol. The van der Waals surface area contributed by atoms with E-state index in [1.54, 1.807) is 6.08 Å². The number of allylic oxidation sites excluding steroid dienone is 3. The number of nitrogens with one attached hydrogen (secondary N) is 1. The van der Waals surface area contributed by atoms with E-state index in [0.29, 0.717) is 12.0 Å². The molecule has 2 unspecified atom stereocenters. The third-order valence-electron chi connectivity index (χ3n) is 3.92. The normalized spacial score (nSPS) is 28.0. The Morgan fingerprint density at radius 1 is 1.41 bits per heavy atom. The maximum Gasteiger partial charge on any atom is 0.417 e. The third-order valence-corrected chi connectivity index (χ3v) is 3.92.